The summed E-state index contributed by atoms with van der Waals surface area (Å²) in [7, 11) is 2.16. The second-order valence-electron chi connectivity index (χ2n) is 8.05. The van der Waals surface area contributed by atoms with Gasteiger partial charge in [-0.05, 0) is 55.1 Å². The van der Waals surface area contributed by atoms with Gasteiger partial charge in [0.05, 0.1) is 6.54 Å². The summed E-state index contributed by atoms with van der Waals surface area (Å²) in [4.78, 5) is 30.5. The van der Waals surface area contributed by atoms with Gasteiger partial charge in [0.25, 0.3) is 5.56 Å². The molecule has 0 amide bonds. The summed E-state index contributed by atoms with van der Waals surface area (Å²) in [5.74, 6) is 0.457. The Bertz CT molecular complexity index is 1260. The number of anilines is 3. The molecule has 3 aromatic heterocycles. The molecule has 1 aliphatic rings. The predicted molar refractivity (Wildman–Crippen MR) is 127 cm³/mol. The summed E-state index contributed by atoms with van der Waals surface area (Å²) in [6.07, 6.45) is 5.18. The van der Waals surface area contributed by atoms with Crippen LogP contribution < -0.4 is 15.8 Å². The van der Waals surface area contributed by atoms with Crippen LogP contribution in [0.3, 0.4) is 0 Å². The quantitative estimate of drug-likeness (QED) is 0.525. The number of hydrogen-bond acceptors (Lipinski definition) is 7. The minimum Gasteiger partial charge on any atom is -0.369 e. The van der Waals surface area contributed by atoms with Crippen molar-refractivity contribution < 1.29 is 0 Å². The number of hydrogen-bond donors (Lipinski definition) is 1. The van der Waals surface area contributed by atoms with E-state index in [0.29, 0.717) is 18.1 Å². The first kappa shape index (κ1) is 20.1. The first-order valence-electron chi connectivity index (χ1n) is 10.7. The summed E-state index contributed by atoms with van der Waals surface area (Å²) in [5, 5.41) is 4.08. The number of benzene rings is 1. The van der Waals surface area contributed by atoms with Gasteiger partial charge in [0.15, 0.2) is 0 Å². The molecular weight excluding hydrogens is 402 g/mol. The summed E-state index contributed by atoms with van der Waals surface area (Å²) < 4.78 is 1.66. The third-order valence-corrected chi connectivity index (χ3v) is 5.81. The fourth-order valence-corrected chi connectivity index (χ4v) is 3.90. The van der Waals surface area contributed by atoms with Gasteiger partial charge in [-0.3, -0.25) is 14.3 Å². The number of piperazine rings is 1. The molecule has 0 bridgehead atoms. The normalized spacial score (nSPS) is 14.6. The van der Waals surface area contributed by atoms with Crippen molar-refractivity contribution in [3.63, 3.8) is 0 Å². The van der Waals surface area contributed by atoms with E-state index in [4.69, 9.17) is 0 Å². The number of pyridine rings is 2. The molecule has 4 aromatic rings. The largest absolute Gasteiger partial charge is 0.369 e. The molecule has 4 heterocycles. The Morgan fingerprint density at radius 3 is 2.44 bits per heavy atom. The van der Waals surface area contributed by atoms with E-state index in [1.54, 1.807) is 35.3 Å². The van der Waals surface area contributed by atoms with Crippen molar-refractivity contribution in [3.8, 4) is 0 Å². The molecule has 1 aromatic carbocycles. The zero-order valence-corrected chi connectivity index (χ0v) is 18.0. The molecule has 0 saturated carbocycles. The Morgan fingerprint density at radius 2 is 1.69 bits per heavy atom. The van der Waals surface area contributed by atoms with E-state index >= 15 is 0 Å². The van der Waals surface area contributed by atoms with Crippen LogP contribution in [0.4, 0.5) is 17.3 Å². The predicted octanol–water partition coefficient (Wildman–Crippen LogP) is 2.73. The van der Waals surface area contributed by atoms with E-state index in [1.165, 1.54) is 5.69 Å². The van der Waals surface area contributed by atoms with E-state index in [-0.39, 0.29) is 5.56 Å². The van der Waals surface area contributed by atoms with Gasteiger partial charge >= 0.3 is 0 Å². The number of likely N-dealkylation sites (N-methyl/N-ethyl adjacent to an activating group) is 1. The van der Waals surface area contributed by atoms with Crippen molar-refractivity contribution in [2.75, 3.05) is 43.4 Å². The fourth-order valence-electron chi connectivity index (χ4n) is 3.90. The Kier molecular flexibility index (Phi) is 5.51. The van der Waals surface area contributed by atoms with Gasteiger partial charge in [-0.1, -0.05) is 0 Å². The minimum atomic E-state index is -0.101. The van der Waals surface area contributed by atoms with Gasteiger partial charge in [-0.15, -0.1) is 0 Å². The van der Waals surface area contributed by atoms with Gasteiger partial charge in [-0.25, -0.2) is 4.98 Å². The highest BCUT2D eigenvalue weighted by molar-refractivity contribution is 5.76. The van der Waals surface area contributed by atoms with Crippen LogP contribution in [0.2, 0.25) is 0 Å². The van der Waals surface area contributed by atoms with E-state index in [1.807, 2.05) is 24.3 Å². The highest BCUT2D eigenvalue weighted by atomic mass is 16.1. The van der Waals surface area contributed by atoms with Crippen LogP contribution in [0.5, 0.6) is 0 Å². The van der Waals surface area contributed by atoms with Gasteiger partial charge < -0.3 is 15.1 Å². The van der Waals surface area contributed by atoms with Crippen molar-refractivity contribution in [3.05, 3.63) is 83.0 Å². The number of nitrogens with one attached hydrogen (secondary N) is 1. The highest BCUT2D eigenvalue weighted by Crippen LogP contribution is 2.21. The standard InChI is InChI=1S/C24H25N7O/c1-29-12-14-30(15-13-29)21-5-3-20(4-6-21)27-24-26-16-19-2-7-22(32)31(23(19)28-24)17-18-8-10-25-11-9-18/h2-11,16H,12-15,17H2,1H3,(H,26,27,28). The minimum absolute atomic E-state index is 0.101. The molecule has 0 spiro atoms. The van der Waals surface area contributed by atoms with E-state index in [9.17, 15) is 4.79 Å². The molecule has 1 fully saturated rings. The maximum absolute atomic E-state index is 12.6. The van der Waals surface area contributed by atoms with E-state index in [0.717, 1.165) is 42.8 Å². The molecular formula is C24H25N7O. The van der Waals surface area contributed by atoms with Gasteiger partial charge in [0.1, 0.15) is 5.65 Å². The molecule has 8 heteroatoms. The topological polar surface area (TPSA) is 79.2 Å². The van der Waals surface area contributed by atoms with Crippen LogP contribution in [-0.2, 0) is 6.54 Å². The van der Waals surface area contributed by atoms with Crippen molar-refractivity contribution in [1.29, 1.82) is 0 Å². The highest BCUT2D eigenvalue weighted by Gasteiger charge is 2.14. The fraction of sp³-hybridized carbons (Fsp3) is 0.250. The van der Waals surface area contributed by atoms with Crippen molar-refractivity contribution >= 4 is 28.4 Å². The smallest absolute Gasteiger partial charge is 0.252 e. The second kappa shape index (κ2) is 8.76. The number of nitrogens with zero attached hydrogens (tertiary/aromatic N) is 6. The molecule has 5 rings (SSSR count). The molecule has 32 heavy (non-hydrogen) atoms. The lowest BCUT2D eigenvalue weighted by Crippen LogP contribution is -2.44. The molecule has 1 saturated heterocycles. The van der Waals surface area contributed by atoms with Crippen LogP contribution in [0.15, 0.2) is 71.9 Å². The van der Waals surface area contributed by atoms with Gasteiger partial charge in [0, 0.05) is 67.6 Å². The van der Waals surface area contributed by atoms with Crippen molar-refractivity contribution in [1.82, 2.24) is 24.4 Å². The Labute approximate surface area is 186 Å². The van der Waals surface area contributed by atoms with Crippen LogP contribution in [-0.4, -0.2) is 57.6 Å². The Morgan fingerprint density at radius 1 is 0.938 bits per heavy atom. The van der Waals surface area contributed by atoms with Crippen molar-refractivity contribution in [2.45, 2.75) is 6.54 Å². The number of rotatable bonds is 5. The summed E-state index contributed by atoms with van der Waals surface area (Å²) in [5.41, 5.74) is 3.61. The third kappa shape index (κ3) is 4.31. The summed E-state index contributed by atoms with van der Waals surface area (Å²) in [6, 6.07) is 15.4. The van der Waals surface area contributed by atoms with Crippen LogP contribution in [0, 0.1) is 0 Å². The average molecular weight is 428 g/mol. The van der Waals surface area contributed by atoms with Crippen LogP contribution >= 0.6 is 0 Å². The number of fused-ring (bicyclic) bond motifs is 1. The van der Waals surface area contributed by atoms with Gasteiger partial charge in [-0.2, -0.15) is 4.98 Å². The molecule has 1 aliphatic heterocycles. The van der Waals surface area contributed by atoms with E-state index in [2.05, 4.69) is 49.2 Å². The average Bonchev–Trinajstić information content (AvgIpc) is 2.83. The Balaban J connectivity index is 1.39. The lowest BCUT2D eigenvalue weighted by Gasteiger charge is -2.34. The Hall–Kier alpha value is -3.78. The maximum atomic E-state index is 12.6. The molecule has 0 radical (unpaired) electrons. The monoisotopic (exact) mass is 427 g/mol. The molecule has 8 nitrogen and oxygen atoms in total. The van der Waals surface area contributed by atoms with E-state index < -0.39 is 0 Å². The third-order valence-electron chi connectivity index (χ3n) is 5.81. The molecule has 1 N–H and O–H groups in total. The molecule has 162 valence electrons. The SMILES string of the molecule is CN1CCN(c2ccc(Nc3ncc4ccc(=O)n(Cc5ccncc5)c4n3)cc2)CC1. The lowest BCUT2D eigenvalue weighted by molar-refractivity contribution is 0.313. The lowest BCUT2D eigenvalue weighted by atomic mass is 10.2. The summed E-state index contributed by atoms with van der Waals surface area (Å²) >= 11 is 0. The number of aromatic nitrogens is 4. The molecule has 0 atom stereocenters. The van der Waals surface area contributed by atoms with Gasteiger partial charge in [0.2, 0.25) is 5.95 Å². The van der Waals surface area contributed by atoms with Crippen LogP contribution in [0.1, 0.15) is 5.56 Å². The first-order valence-corrected chi connectivity index (χ1v) is 10.7. The van der Waals surface area contributed by atoms with Crippen LogP contribution in [0.25, 0.3) is 11.0 Å². The van der Waals surface area contributed by atoms with Crippen molar-refractivity contribution in [2.24, 2.45) is 0 Å². The zero-order valence-electron chi connectivity index (χ0n) is 18.0. The molecule has 0 aliphatic carbocycles. The second-order valence-corrected chi connectivity index (χ2v) is 8.05. The summed E-state index contributed by atoms with van der Waals surface area (Å²) in [6.45, 7) is 4.64. The maximum Gasteiger partial charge on any atom is 0.252 e. The molecule has 0 unspecified atom stereocenters. The zero-order chi connectivity index (χ0) is 21.9. The first-order chi connectivity index (χ1) is 15.7.